The molecule has 15 heavy (non-hydrogen) atoms. The fourth-order valence-corrected chi connectivity index (χ4v) is 1.50. The minimum Gasteiger partial charge on any atom is -0.440 e. The minimum absolute atomic E-state index is 0.152. The molecule has 0 atom stereocenters. The maximum absolute atomic E-state index is 11.2. The zero-order valence-corrected chi connectivity index (χ0v) is 8.91. The van der Waals surface area contributed by atoms with Crippen LogP contribution in [0.2, 0.25) is 0 Å². The first-order chi connectivity index (χ1) is 7.20. The highest BCUT2D eigenvalue weighted by Gasteiger charge is 2.10. The van der Waals surface area contributed by atoms with Gasteiger partial charge in [-0.3, -0.25) is 4.79 Å². The van der Waals surface area contributed by atoms with Crippen molar-refractivity contribution in [1.29, 1.82) is 0 Å². The molecule has 1 aromatic heterocycles. The van der Waals surface area contributed by atoms with Crippen molar-refractivity contribution in [1.82, 2.24) is 4.98 Å². The second-order valence-corrected chi connectivity index (χ2v) is 3.60. The van der Waals surface area contributed by atoms with Crippen molar-refractivity contribution in [2.24, 2.45) is 0 Å². The Labute approximate surface area is 88.1 Å². The van der Waals surface area contributed by atoms with Crippen LogP contribution in [0.3, 0.4) is 0 Å². The number of oxazole rings is 1. The van der Waals surface area contributed by atoms with Crippen molar-refractivity contribution in [3.05, 3.63) is 29.7 Å². The van der Waals surface area contributed by atoms with E-state index in [4.69, 9.17) is 4.42 Å². The van der Waals surface area contributed by atoms with Gasteiger partial charge < -0.3 is 4.42 Å². The topological polar surface area (TPSA) is 43.1 Å². The first kappa shape index (κ1) is 9.90. The van der Waals surface area contributed by atoms with Crippen LogP contribution in [-0.4, -0.2) is 10.8 Å². The lowest BCUT2D eigenvalue weighted by molar-refractivity contribution is -0.118. The number of fused-ring (bicyclic) bond motifs is 1. The van der Waals surface area contributed by atoms with Gasteiger partial charge in [0.05, 0.1) is 6.42 Å². The summed E-state index contributed by atoms with van der Waals surface area (Å²) in [6, 6.07) is 5.80. The van der Waals surface area contributed by atoms with Gasteiger partial charge in [-0.25, -0.2) is 4.98 Å². The highest BCUT2D eigenvalue weighted by molar-refractivity contribution is 5.81. The molecule has 0 fully saturated rings. The van der Waals surface area contributed by atoms with Crippen molar-refractivity contribution in [2.45, 2.75) is 26.7 Å². The Morgan fingerprint density at radius 2 is 2.27 bits per heavy atom. The molecule has 1 aromatic carbocycles. The first-order valence-electron chi connectivity index (χ1n) is 5.07. The smallest absolute Gasteiger partial charge is 0.202 e. The zero-order chi connectivity index (χ0) is 10.8. The molecule has 2 aromatic rings. The molecule has 0 saturated carbocycles. The fraction of sp³-hybridized carbons (Fsp3) is 0.333. The molecule has 3 nitrogen and oxygen atoms in total. The van der Waals surface area contributed by atoms with E-state index in [1.807, 2.05) is 32.0 Å². The highest BCUT2D eigenvalue weighted by Crippen LogP contribution is 2.19. The van der Waals surface area contributed by atoms with Crippen LogP contribution >= 0.6 is 0 Å². The van der Waals surface area contributed by atoms with Crippen LogP contribution < -0.4 is 0 Å². The van der Waals surface area contributed by atoms with Crippen LogP contribution in [0.4, 0.5) is 0 Å². The fourth-order valence-electron chi connectivity index (χ4n) is 1.50. The third kappa shape index (κ3) is 1.91. The number of aryl methyl sites for hydroxylation is 1. The summed E-state index contributed by atoms with van der Waals surface area (Å²) in [6.07, 6.45) is 0.822. The average molecular weight is 203 g/mol. The summed E-state index contributed by atoms with van der Waals surface area (Å²) in [7, 11) is 0. The van der Waals surface area contributed by atoms with Gasteiger partial charge in [0, 0.05) is 6.42 Å². The number of aromatic nitrogens is 1. The lowest BCUT2D eigenvalue weighted by atomic mass is 10.2. The summed E-state index contributed by atoms with van der Waals surface area (Å²) in [5, 5.41) is 0. The molecule has 0 saturated heterocycles. The standard InChI is InChI=1S/C12H13NO2/c1-3-9(14)7-11-13-10-6-4-5-8(2)12(10)15-11/h4-6H,3,7H2,1-2H3. The lowest BCUT2D eigenvalue weighted by Gasteiger charge is -1.91. The lowest BCUT2D eigenvalue weighted by Crippen LogP contribution is -1.99. The molecule has 0 bridgehead atoms. The van der Waals surface area contributed by atoms with Crippen molar-refractivity contribution in [3.8, 4) is 0 Å². The summed E-state index contributed by atoms with van der Waals surface area (Å²) in [4.78, 5) is 15.5. The van der Waals surface area contributed by atoms with Gasteiger partial charge in [-0.1, -0.05) is 19.1 Å². The number of hydrogen-bond donors (Lipinski definition) is 0. The van der Waals surface area contributed by atoms with Crippen LogP contribution in [0.5, 0.6) is 0 Å². The molecule has 0 spiro atoms. The molecule has 0 aliphatic rings. The summed E-state index contributed by atoms with van der Waals surface area (Å²) in [5.74, 6) is 0.672. The average Bonchev–Trinajstić information content (AvgIpc) is 2.62. The van der Waals surface area contributed by atoms with Crippen LogP contribution in [0.1, 0.15) is 24.8 Å². The third-order valence-electron chi connectivity index (χ3n) is 2.40. The second kappa shape index (κ2) is 3.85. The summed E-state index contributed by atoms with van der Waals surface area (Å²) in [6.45, 7) is 3.81. The normalized spacial score (nSPS) is 10.8. The Kier molecular flexibility index (Phi) is 2.54. The van der Waals surface area contributed by atoms with Crippen molar-refractivity contribution >= 4 is 16.9 Å². The number of benzene rings is 1. The monoisotopic (exact) mass is 203 g/mol. The molecule has 3 heteroatoms. The summed E-state index contributed by atoms with van der Waals surface area (Å²) in [5.41, 5.74) is 2.67. The predicted molar refractivity (Wildman–Crippen MR) is 57.7 cm³/mol. The van der Waals surface area contributed by atoms with Crippen molar-refractivity contribution < 1.29 is 9.21 Å². The van der Waals surface area contributed by atoms with Gasteiger partial charge in [-0.2, -0.15) is 0 Å². The Balaban J connectivity index is 2.39. The van der Waals surface area contributed by atoms with E-state index in [-0.39, 0.29) is 5.78 Å². The van der Waals surface area contributed by atoms with Crippen LogP contribution in [0, 0.1) is 6.92 Å². The van der Waals surface area contributed by atoms with Gasteiger partial charge in [0.25, 0.3) is 0 Å². The molecule has 0 unspecified atom stereocenters. The van der Waals surface area contributed by atoms with Crippen LogP contribution in [0.15, 0.2) is 22.6 Å². The molecular formula is C12H13NO2. The molecule has 0 N–H and O–H groups in total. The quantitative estimate of drug-likeness (QED) is 0.770. The number of carbonyl (C=O) groups is 1. The number of rotatable bonds is 3. The Hall–Kier alpha value is -1.64. The highest BCUT2D eigenvalue weighted by atomic mass is 16.3. The molecule has 78 valence electrons. The van der Waals surface area contributed by atoms with E-state index in [9.17, 15) is 4.79 Å². The Bertz CT molecular complexity index is 499. The molecule has 0 aliphatic carbocycles. The van der Waals surface area contributed by atoms with Gasteiger partial charge >= 0.3 is 0 Å². The van der Waals surface area contributed by atoms with E-state index in [2.05, 4.69) is 4.98 Å². The molecule has 0 amide bonds. The van der Waals surface area contributed by atoms with E-state index >= 15 is 0 Å². The number of hydrogen-bond acceptors (Lipinski definition) is 3. The van der Waals surface area contributed by atoms with E-state index in [1.165, 1.54) is 0 Å². The van der Waals surface area contributed by atoms with E-state index < -0.39 is 0 Å². The Morgan fingerprint density at radius 3 is 2.93 bits per heavy atom. The van der Waals surface area contributed by atoms with Gasteiger partial charge in [0.1, 0.15) is 11.3 Å². The van der Waals surface area contributed by atoms with Crippen molar-refractivity contribution in [3.63, 3.8) is 0 Å². The number of ketones is 1. The maximum atomic E-state index is 11.2. The molecular weight excluding hydrogens is 190 g/mol. The summed E-state index contributed by atoms with van der Waals surface area (Å²) < 4.78 is 5.54. The molecule has 0 aliphatic heterocycles. The zero-order valence-electron chi connectivity index (χ0n) is 8.91. The number of carbonyl (C=O) groups excluding carboxylic acids is 1. The number of para-hydroxylation sites is 1. The molecule has 1 heterocycles. The summed E-state index contributed by atoms with van der Waals surface area (Å²) >= 11 is 0. The van der Waals surface area contributed by atoms with Crippen LogP contribution in [0.25, 0.3) is 11.1 Å². The second-order valence-electron chi connectivity index (χ2n) is 3.60. The number of nitrogens with zero attached hydrogens (tertiary/aromatic N) is 1. The van der Waals surface area contributed by atoms with E-state index in [0.29, 0.717) is 18.7 Å². The first-order valence-corrected chi connectivity index (χ1v) is 5.07. The van der Waals surface area contributed by atoms with Gasteiger partial charge in [0.2, 0.25) is 5.89 Å². The predicted octanol–water partition coefficient (Wildman–Crippen LogP) is 2.66. The minimum atomic E-state index is 0.152. The Morgan fingerprint density at radius 1 is 1.47 bits per heavy atom. The third-order valence-corrected chi connectivity index (χ3v) is 2.40. The largest absolute Gasteiger partial charge is 0.440 e. The molecule has 0 radical (unpaired) electrons. The van der Waals surface area contributed by atoms with Gasteiger partial charge in [-0.15, -0.1) is 0 Å². The van der Waals surface area contributed by atoms with Gasteiger partial charge in [0.15, 0.2) is 5.58 Å². The van der Waals surface area contributed by atoms with Gasteiger partial charge in [-0.05, 0) is 18.6 Å². The van der Waals surface area contributed by atoms with E-state index in [0.717, 1.165) is 16.7 Å². The number of Topliss-reactive ketones (excluding diaryl/α,β-unsaturated/α-hetero) is 1. The molecule has 2 rings (SSSR count). The van der Waals surface area contributed by atoms with Crippen LogP contribution in [-0.2, 0) is 11.2 Å². The van der Waals surface area contributed by atoms with Crippen molar-refractivity contribution in [2.75, 3.05) is 0 Å². The van der Waals surface area contributed by atoms with E-state index in [1.54, 1.807) is 0 Å². The SMILES string of the molecule is CCC(=O)Cc1nc2cccc(C)c2o1. The maximum Gasteiger partial charge on any atom is 0.202 e.